The van der Waals surface area contributed by atoms with Gasteiger partial charge in [-0.3, -0.25) is 0 Å². The van der Waals surface area contributed by atoms with Gasteiger partial charge in [-0.2, -0.15) is 5.11 Å². The van der Waals surface area contributed by atoms with Crippen molar-refractivity contribution in [3.8, 4) is 11.1 Å². The molecule has 1 aliphatic rings. The first-order valence-corrected chi connectivity index (χ1v) is 21.8. The van der Waals surface area contributed by atoms with Crippen molar-refractivity contribution in [2.24, 2.45) is 42.5 Å². The molecule has 61 heavy (non-hydrogen) atoms. The molecule has 0 bridgehead atoms. The molecule has 8 aromatic rings. The first-order valence-electron chi connectivity index (χ1n) is 21.8. The highest BCUT2D eigenvalue weighted by Gasteiger charge is 2.18. The van der Waals surface area contributed by atoms with Crippen molar-refractivity contribution in [3.05, 3.63) is 163 Å². The molecule has 8 aromatic carbocycles. The third-order valence-corrected chi connectivity index (χ3v) is 12.3. The molecule has 7 heteroatoms. The van der Waals surface area contributed by atoms with Crippen LogP contribution in [0.5, 0.6) is 0 Å². The summed E-state index contributed by atoms with van der Waals surface area (Å²) in [6, 6.07) is 54.4. The van der Waals surface area contributed by atoms with E-state index in [0.29, 0.717) is 6.04 Å². The van der Waals surface area contributed by atoms with E-state index in [9.17, 15) is 0 Å². The molecule has 1 atom stereocenters. The molecule has 0 heterocycles. The van der Waals surface area contributed by atoms with Gasteiger partial charge in [-0.1, -0.05) is 136 Å². The lowest BCUT2D eigenvalue weighted by molar-refractivity contribution is 0.289. The van der Waals surface area contributed by atoms with E-state index in [0.717, 1.165) is 90.4 Å². The summed E-state index contributed by atoms with van der Waals surface area (Å²) in [6.07, 6.45) is 7.70. The Bertz CT molecular complexity index is 2890. The SMILES string of the molecule is CCC(C)Nc1ccc(N=Nc2ccc(N=Nc3ccc(N=Nc4ccc(-c5ccc(CC6CCC(C)CC6)cc5)cc4)c4ccccc34)c3ccccc23)c2ccccc12. The van der Waals surface area contributed by atoms with Crippen LogP contribution in [-0.4, -0.2) is 6.04 Å². The fourth-order valence-corrected chi connectivity index (χ4v) is 8.49. The molecule has 1 unspecified atom stereocenters. The van der Waals surface area contributed by atoms with Gasteiger partial charge in [0.05, 0.1) is 34.1 Å². The third kappa shape index (κ3) is 9.02. The summed E-state index contributed by atoms with van der Waals surface area (Å²) in [7, 11) is 0. The lowest BCUT2D eigenvalue weighted by Crippen LogP contribution is -2.14. The van der Waals surface area contributed by atoms with Crippen molar-refractivity contribution in [1.82, 2.24) is 0 Å². The van der Waals surface area contributed by atoms with Crippen LogP contribution in [-0.2, 0) is 6.42 Å². The Kier molecular flexibility index (Phi) is 11.8. The standard InChI is InChI=1S/C54H51N7/c1-4-37(3)55-49-29-30-51(44-12-6-5-11-43(44)49)58-59-53-33-34-54(48-16-10-9-15-47(48)53)61-60-52-32-31-50(45-13-7-8-14-46(45)52)57-56-42-27-25-41(26-28-42)40-23-21-39(22-24-40)35-38-19-17-36(2)18-20-38/h5-16,21-34,36-38,55H,4,17-20,35H2,1-3H3. The van der Waals surface area contributed by atoms with E-state index in [4.69, 9.17) is 25.6 Å². The fraction of sp³-hybridized carbons (Fsp3) is 0.222. The summed E-state index contributed by atoms with van der Waals surface area (Å²) in [4.78, 5) is 0. The molecule has 0 spiro atoms. The number of benzene rings is 8. The van der Waals surface area contributed by atoms with Gasteiger partial charge in [0.25, 0.3) is 0 Å². The number of hydrogen-bond donors (Lipinski definition) is 1. The van der Waals surface area contributed by atoms with Gasteiger partial charge < -0.3 is 5.32 Å². The molecule has 0 aromatic heterocycles. The number of fused-ring (bicyclic) bond motifs is 3. The molecule has 1 saturated carbocycles. The fourth-order valence-electron chi connectivity index (χ4n) is 8.49. The van der Waals surface area contributed by atoms with Crippen molar-refractivity contribution in [2.75, 3.05) is 5.32 Å². The minimum absolute atomic E-state index is 0.372. The van der Waals surface area contributed by atoms with E-state index in [-0.39, 0.29) is 0 Å². The number of nitrogens with zero attached hydrogens (tertiary/aromatic N) is 6. The molecule has 1 N–H and O–H groups in total. The molecule has 0 radical (unpaired) electrons. The van der Waals surface area contributed by atoms with E-state index in [1.807, 2.05) is 72.8 Å². The Morgan fingerprint density at radius 3 is 1.31 bits per heavy atom. The van der Waals surface area contributed by atoms with E-state index in [2.05, 4.69) is 116 Å². The highest BCUT2D eigenvalue weighted by Crippen LogP contribution is 2.40. The van der Waals surface area contributed by atoms with Crippen LogP contribution in [0.2, 0.25) is 0 Å². The van der Waals surface area contributed by atoms with Crippen molar-refractivity contribution in [3.63, 3.8) is 0 Å². The van der Waals surface area contributed by atoms with Crippen molar-refractivity contribution in [1.29, 1.82) is 0 Å². The maximum absolute atomic E-state index is 4.78. The van der Waals surface area contributed by atoms with Crippen LogP contribution in [0, 0.1) is 11.8 Å². The Balaban J connectivity index is 0.913. The van der Waals surface area contributed by atoms with Crippen molar-refractivity contribution < 1.29 is 0 Å². The van der Waals surface area contributed by atoms with Gasteiger partial charge >= 0.3 is 0 Å². The summed E-state index contributed by atoms with van der Waals surface area (Å²) >= 11 is 0. The molecular weight excluding hydrogens is 747 g/mol. The van der Waals surface area contributed by atoms with Gasteiger partial charge in [-0.25, -0.2) is 0 Å². The third-order valence-electron chi connectivity index (χ3n) is 12.3. The highest BCUT2D eigenvalue weighted by molar-refractivity contribution is 6.02. The molecule has 1 fully saturated rings. The molecule has 7 nitrogen and oxygen atoms in total. The second kappa shape index (κ2) is 18.2. The number of azo groups is 3. The smallest absolute Gasteiger partial charge is 0.0936 e. The normalized spacial score (nSPS) is 16.4. The lowest BCUT2D eigenvalue weighted by Gasteiger charge is -2.26. The molecule has 1 aliphatic carbocycles. The van der Waals surface area contributed by atoms with Crippen LogP contribution in [0.15, 0.2) is 188 Å². The topological polar surface area (TPSA) is 86.2 Å². The predicted octanol–water partition coefficient (Wildman–Crippen LogP) is 17.6. The van der Waals surface area contributed by atoms with Gasteiger partial charge in [-0.15, -0.1) is 25.6 Å². The number of anilines is 1. The van der Waals surface area contributed by atoms with Crippen LogP contribution in [0.25, 0.3) is 43.4 Å². The highest BCUT2D eigenvalue weighted by atomic mass is 15.1. The number of rotatable bonds is 12. The van der Waals surface area contributed by atoms with E-state index in [1.54, 1.807) is 0 Å². The monoisotopic (exact) mass is 797 g/mol. The predicted molar refractivity (Wildman–Crippen MR) is 254 cm³/mol. The van der Waals surface area contributed by atoms with Crippen LogP contribution in [0.4, 0.5) is 39.8 Å². The Morgan fingerprint density at radius 2 is 0.852 bits per heavy atom. The van der Waals surface area contributed by atoms with E-state index < -0.39 is 0 Å². The second-order valence-electron chi connectivity index (χ2n) is 16.6. The zero-order valence-corrected chi connectivity index (χ0v) is 35.2. The largest absolute Gasteiger partial charge is 0.382 e. The summed E-state index contributed by atoms with van der Waals surface area (Å²) < 4.78 is 0. The van der Waals surface area contributed by atoms with Crippen LogP contribution in [0.3, 0.4) is 0 Å². The van der Waals surface area contributed by atoms with E-state index >= 15 is 0 Å². The zero-order chi connectivity index (χ0) is 41.5. The Hall–Kier alpha value is -6.86. The zero-order valence-electron chi connectivity index (χ0n) is 35.2. The van der Waals surface area contributed by atoms with Crippen LogP contribution in [0.1, 0.15) is 58.4 Å². The molecule has 0 amide bonds. The Labute approximate surface area is 358 Å². The first-order chi connectivity index (χ1) is 30.0. The van der Waals surface area contributed by atoms with Crippen molar-refractivity contribution in [2.45, 2.75) is 65.3 Å². The minimum Gasteiger partial charge on any atom is -0.382 e. The van der Waals surface area contributed by atoms with Crippen LogP contribution >= 0.6 is 0 Å². The van der Waals surface area contributed by atoms with Gasteiger partial charge in [0.15, 0.2) is 0 Å². The molecule has 0 aliphatic heterocycles. The quantitative estimate of drug-likeness (QED) is 0.123. The van der Waals surface area contributed by atoms with Gasteiger partial charge in [0.1, 0.15) is 0 Å². The molecule has 302 valence electrons. The van der Waals surface area contributed by atoms with Crippen LogP contribution < -0.4 is 5.32 Å². The number of hydrogen-bond acceptors (Lipinski definition) is 7. The van der Waals surface area contributed by atoms with E-state index in [1.165, 1.54) is 48.8 Å². The molecular formula is C54H51N7. The first kappa shape index (κ1) is 39.6. The summed E-state index contributed by atoms with van der Waals surface area (Å²) in [5, 5.41) is 38.0. The maximum atomic E-state index is 4.78. The lowest BCUT2D eigenvalue weighted by atomic mass is 9.80. The second-order valence-corrected chi connectivity index (χ2v) is 16.6. The molecule has 0 saturated heterocycles. The average Bonchev–Trinajstić information content (AvgIpc) is 3.31. The van der Waals surface area contributed by atoms with Gasteiger partial charge in [0, 0.05) is 44.0 Å². The molecule has 9 rings (SSSR count). The Morgan fingerprint density at radius 1 is 0.459 bits per heavy atom. The summed E-state index contributed by atoms with van der Waals surface area (Å²) in [5.41, 5.74) is 9.61. The minimum atomic E-state index is 0.372. The maximum Gasteiger partial charge on any atom is 0.0936 e. The summed E-state index contributed by atoms with van der Waals surface area (Å²) in [5.74, 6) is 1.72. The van der Waals surface area contributed by atoms with Crippen molar-refractivity contribution >= 4 is 72.1 Å². The average molecular weight is 798 g/mol. The summed E-state index contributed by atoms with van der Waals surface area (Å²) in [6.45, 7) is 6.77. The number of nitrogens with one attached hydrogen (secondary N) is 1. The van der Waals surface area contributed by atoms with Gasteiger partial charge in [-0.05, 0) is 110 Å². The van der Waals surface area contributed by atoms with Gasteiger partial charge in [0.2, 0.25) is 0 Å².